The van der Waals surface area contributed by atoms with Crippen molar-refractivity contribution in [2.75, 3.05) is 33.3 Å². The molecule has 1 aliphatic heterocycles. The van der Waals surface area contributed by atoms with E-state index in [9.17, 15) is 14.4 Å². The van der Waals surface area contributed by atoms with E-state index in [2.05, 4.69) is 5.32 Å². The highest BCUT2D eigenvalue weighted by atomic mass is 32.1. The zero-order chi connectivity index (χ0) is 24.0. The van der Waals surface area contributed by atoms with E-state index in [0.717, 1.165) is 0 Å². The van der Waals surface area contributed by atoms with Crippen LogP contribution in [0.3, 0.4) is 0 Å². The van der Waals surface area contributed by atoms with Crippen molar-refractivity contribution in [1.82, 2.24) is 15.1 Å². The summed E-state index contributed by atoms with van der Waals surface area (Å²) in [6, 6.07) is 9.56. The molecule has 0 saturated carbocycles. The van der Waals surface area contributed by atoms with Crippen LogP contribution in [0.4, 0.5) is 0 Å². The number of nitrogens with zero attached hydrogens (tertiary/aromatic N) is 2. The summed E-state index contributed by atoms with van der Waals surface area (Å²) in [5.74, 6) is 0.210. The zero-order valence-electron chi connectivity index (χ0n) is 19.3. The molecule has 1 aliphatic rings. The molecule has 1 aromatic heterocycles. The van der Waals surface area contributed by atoms with Gasteiger partial charge in [0.25, 0.3) is 11.8 Å². The number of hydrogen-bond donors (Lipinski definition) is 2. The van der Waals surface area contributed by atoms with Crippen molar-refractivity contribution < 1.29 is 19.1 Å². The Labute approximate surface area is 198 Å². The van der Waals surface area contributed by atoms with Crippen LogP contribution in [0.2, 0.25) is 0 Å². The molecule has 1 aromatic carbocycles. The van der Waals surface area contributed by atoms with Gasteiger partial charge in [0.1, 0.15) is 11.8 Å². The number of nitrogens with two attached hydrogens (primary N) is 1. The van der Waals surface area contributed by atoms with Crippen LogP contribution in [0, 0.1) is 5.92 Å². The van der Waals surface area contributed by atoms with Crippen LogP contribution < -0.4 is 15.8 Å². The lowest BCUT2D eigenvalue weighted by molar-refractivity contribution is -0.124. The highest BCUT2D eigenvalue weighted by Gasteiger charge is 2.43. The smallest absolute Gasteiger partial charge is 0.264 e. The molecule has 1 saturated heterocycles. The highest BCUT2D eigenvalue weighted by molar-refractivity contribution is 7.12. The van der Waals surface area contributed by atoms with Gasteiger partial charge in [-0.25, -0.2) is 0 Å². The molecule has 3 amide bonds. The van der Waals surface area contributed by atoms with E-state index in [1.807, 2.05) is 30.2 Å². The molecule has 9 heteroatoms. The van der Waals surface area contributed by atoms with E-state index in [0.29, 0.717) is 42.2 Å². The van der Waals surface area contributed by atoms with Gasteiger partial charge in [-0.2, -0.15) is 0 Å². The van der Waals surface area contributed by atoms with Crippen LogP contribution in [-0.2, 0) is 4.79 Å². The van der Waals surface area contributed by atoms with Crippen LogP contribution in [0.15, 0.2) is 41.8 Å². The van der Waals surface area contributed by atoms with Crippen LogP contribution in [0.25, 0.3) is 0 Å². The summed E-state index contributed by atoms with van der Waals surface area (Å²) in [6.07, 6.45) is 0.371. The molecule has 3 rings (SSSR count). The first-order chi connectivity index (χ1) is 15.8. The topological polar surface area (TPSA) is 105 Å². The fourth-order valence-corrected chi connectivity index (χ4v) is 4.76. The van der Waals surface area contributed by atoms with Gasteiger partial charge in [-0.3, -0.25) is 14.4 Å². The SMILES string of the molecule is COc1cccc(C(=O)N2CC(N(CC(C)C)C(=O)c3cccs3)CC2C(=O)NCCN)c1. The fourth-order valence-electron chi connectivity index (χ4n) is 4.08. The van der Waals surface area contributed by atoms with Crippen molar-refractivity contribution >= 4 is 29.1 Å². The third-order valence-electron chi connectivity index (χ3n) is 5.60. The number of hydrogen-bond acceptors (Lipinski definition) is 6. The van der Waals surface area contributed by atoms with Gasteiger partial charge in [-0.1, -0.05) is 26.0 Å². The van der Waals surface area contributed by atoms with Gasteiger partial charge in [-0.05, 0) is 42.0 Å². The number of benzene rings is 1. The molecule has 2 aromatic rings. The Bertz CT molecular complexity index is 963. The van der Waals surface area contributed by atoms with Crippen molar-refractivity contribution in [2.24, 2.45) is 11.7 Å². The quantitative estimate of drug-likeness (QED) is 0.582. The minimum Gasteiger partial charge on any atom is -0.497 e. The summed E-state index contributed by atoms with van der Waals surface area (Å²) >= 11 is 1.39. The molecule has 0 aliphatic carbocycles. The Balaban J connectivity index is 1.90. The minimum atomic E-state index is -0.689. The maximum atomic E-state index is 13.5. The van der Waals surface area contributed by atoms with Crippen LogP contribution >= 0.6 is 11.3 Å². The molecular formula is C24H32N4O4S. The third kappa shape index (κ3) is 5.91. The van der Waals surface area contributed by atoms with Gasteiger partial charge >= 0.3 is 0 Å². The lowest BCUT2D eigenvalue weighted by atomic mass is 10.1. The van der Waals surface area contributed by atoms with E-state index < -0.39 is 6.04 Å². The van der Waals surface area contributed by atoms with Crippen molar-refractivity contribution in [3.05, 3.63) is 52.2 Å². The number of ether oxygens (including phenoxy) is 1. The predicted molar refractivity (Wildman–Crippen MR) is 128 cm³/mol. The molecule has 2 heterocycles. The average Bonchev–Trinajstić information content (AvgIpc) is 3.50. The Kier molecular flexibility index (Phi) is 8.46. The van der Waals surface area contributed by atoms with Crippen molar-refractivity contribution in [2.45, 2.75) is 32.4 Å². The number of amides is 3. The van der Waals surface area contributed by atoms with Crippen molar-refractivity contribution in [3.63, 3.8) is 0 Å². The maximum Gasteiger partial charge on any atom is 0.264 e. The van der Waals surface area contributed by atoms with E-state index in [4.69, 9.17) is 10.5 Å². The second-order valence-corrected chi connectivity index (χ2v) is 9.45. The largest absolute Gasteiger partial charge is 0.497 e. The molecule has 2 unspecified atom stereocenters. The number of carbonyl (C=O) groups is 3. The first-order valence-electron chi connectivity index (χ1n) is 11.1. The fraction of sp³-hybridized carbons (Fsp3) is 0.458. The van der Waals surface area contributed by atoms with Gasteiger partial charge in [-0.15, -0.1) is 11.3 Å². The third-order valence-corrected chi connectivity index (χ3v) is 6.46. The lowest BCUT2D eigenvalue weighted by Crippen LogP contribution is -2.47. The summed E-state index contributed by atoms with van der Waals surface area (Å²) in [4.78, 5) is 43.8. The van der Waals surface area contributed by atoms with Crippen molar-refractivity contribution in [1.29, 1.82) is 0 Å². The molecule has 3 N–H and O–H groups in total. The first-order valence-corrected chi connectivity index (χ1v) is 12.0. The van der Waals surface area contributed by atoms with Gasteiger partial charge in [0.05, 0.1) is 18.0 Å². The standard InChI is InChI=1S/C24H32N4O4S/c1-16(2)14-27(24(31)21-8-5-11-33-21)18-13-20(22(29)26-10-9-25)28(15-18)23(30)17-6-4-7-19(12-17)32-3/h4-8,11-12,16,18,20H,9-10,13-15,25H2,1-3H3,(H,26,29). The van der Waals surface area contributed by atoms with Gasteiger partial charge in [0.2, 0.25) is 5.91 Å². The number of rotatable bonds is 9. The van der Waals surface area contributed by atoms with E-state index in [-0.39, 0.29) is 36.2 Å². The summed E-state index contributed by atoms with van der Waals surface area (Å²) in [5.41, 5.74) is 5.99. The lowest BCUT2D eigenvalue weighted by Gasteiger charge is -2.30. The van der Waals surface area contributed by atoms with Gasteiger partial charge < -0.3 is 25.6 Å². The minimum absolute atomic E-state index is 0.0690. The van der Waals surface area contributed by atoms with Crippen LogP contribution in [-0.4, -0.2) is 72.9 Å². The molecule has 0 radical (unpaired) electrons. The number of methoxy groups -OCH3 is 1. The maximum absolute atomic E-state index is 13.5. The Morgan fingerprint density at radius 2 is 2.06 bits per heavy atom. The second-order valence-electron chi connectivity index (χ2n) is 8.50. The molecule has 8 nitrogen and oxygen atoms in total. The van der Waals surface area contributed by atoms with Gasteiger partial charge in [0.15, 0.2) is 0 Å². The number of carbonyl (C=O) groups excluding carboxylic acids is 3. The van der Waals surface area contributed by atoms with E-state index in [1.54, 1.807) is 42.3 Å². The average molecular weight is 473 g/mol. The van der Waals surface area contributed by atoms with Crippen molar-refractivity contribution in [3.8, 4) is 5.75 Å². The summed E-state index contributed by atoms with van der Waals surface area (Å²) in [6.45, 7) is 5.55. The molecule has 0 bridgehead atoms. The molecule has 178 valence electrons. The van der Waals surface area contributed by atoms with Crippen LogP contribution in [0.5, 0.6) is 5.75 Å². The Hall–Kier alpha value is -2.91. The highest BCUT2D eigenvalue weighted by Crippen LogP contribution is 2.28. The Morgan fingerprint density at radius 3 is 2.70 bits per heavy atom. The van der Waals surface area contributed by atoms with Crippen LogP contribution in [0.1, 0.15) is 40.3 Å². The number of likely N-dealkylation sites (tertiary alicyclic amines) is 1. The van der Waals surface area contributed by atoms with Gasteiger partial charge in [0, 0.05) is 31.7 Å². The summed E-state index contributed by atoms with van der Waals surface area (Å²) in [5, 5.41) is 4.68. The molecular weight excluding hydrogens is 440 g/mol. The molecule has 2 atom stereocenters. The summed E-state index contributed by atoms with van der Waals surface area (Å²) in [7, 11) is 1.54. The molecule has 1 fully saturated rings. The predicted octanol–water partition coefficient (Wildman–Crippen LogP) is 2.21. The second kappa shape index (κ2) is 11.3. The monoisotopic (exact) mass is 472 g/mol. The molecule has 33 heavy (non-hydrogen) atoms. The van der Waals surface area contributed by atoms with E-state index >= 15 is 0 Å². The Morgan fingerprint density at radius 1 is 1.27 bits per heavy atom. The number of nitrogens with one attached hydrogen (secondary N) is 1. The number of thiophene rings is 1. The first kappa shape index (κ1) is 24.7. The summed E-state index contributed by atoms with van der Waals surface area (Å²) < 4.78 is 5.26. The zero-order valence-corrected chi connectivity index (χ0v) is 20.1. The van der Waals surface area contributed by atoms with E-state index in [1.165, 1.54) is 11.3 Å². The molecule has 0 spiro atoms. The normalized spacial score (nSPS) is 17.8.